The van der Waals surface area contributed by atoms with Gasteiger partial charge in [0.2, 0.25) is 10.0 Å². The summed E-state index contributed by atoms with van der Waals surface area (Å²) in [6.07, 6.45) is -1.37. The Labute approximate surface area is 186 Å². The molecule has 3 N–H and O–H groups in total. The molecule has 0 radical (unpaired) electrons. The summed E-state index contributed by atoms with van der Waals surface area (Å²) in [7, 11) is -2.70. The summed E-state index contributed by atoms with van der Waals surface area (Å²) in [6, 6.07) is 6.85. The van der Waals surface area contributed by atoms with Crippen LogP contribution < -0.4 is 11.1 Å². The molecule has 0 bridgehead atoms. The molecule has 12 heteroatoms. The van der Waals surface area contributed by atoms with Crippen LogP contribution in [0.5, 0.6) is 0 Å². The zero-order valence-electron chi connectivity index (χ0n) is 17.5. The van der Waals surface area contributed by atoms with Crippen LogP contribution in [-0.4, -0.2) is 71.6 Å². The number of amides is 2. The highest BCUT2D eigenvalue weighted by molar-refractivity contribution is 7.89. The van der Waals surface area contributed by atoms with E-state index in [9.17, 15) is 18.0 Å². The van der Waals surface area contributed by atoms with Gasteiger partial charge in [-0.2, -0.15) is 9.40 Å². The lowest BCUT2D eigenvalue weighted by atomic mass is 10.1. The molecule has 0 spiro atoms. The van der Waals surface area contributed by atoms with Crippen LogP contribution in [-0.2, 0) is 21.9 Å². The molecule has 0 saturated carbocycles. The van der Waals surface area contributed by atoms with Gasteiger partial charge in [0, 0.05) is 38.8 Å². The molecule has 0 aliphatic carbocycles. The molecule has 1 aromatic heterocycles. The topological polar surface area (TPSA) is 131 Å². The standard InChI is InChI=1S/C19H25ClN6O4S/c1-12-4-6-14(7-5-12)19(28)25-10-11-26(18(25)17(27)22-9-8-21)31(29,30)15-13(2)23-24(3)16(15)20/h4-7,18H,8-11,21H2,1-3H3,(H,22,27). The van der Waals surface area contributed by atoms with E-state index in [1.807, 2.05) is 6.92 Å². The van der Waals surface area contributed by atoms with Crippen LogP contribution in [0.25, 0.3) is 0 Å². The van der Waals surface area contributed by atoms with Crippen molar-refractivity contribution in [2.75, 3.05) is 26.2 Å². The highest BCUT2D eigenvalue weighted by Crippen LogP contribution is 2.31. The SMILES string of the molecule is Cc1ccc(C(=O)N2CCN(S(=O)(=O)c3c(C)nn(C)c3Cl)C2C(=O)NCCN)cc1. The fourth-order valence-electron chi connectivity index (χ4n) is 3.51. The molecule has 2 aromatic rings. The van der Waals surface area contributed by atoms with Crippen molar-refractivity contribution in [2.45, 2.75) is 24.9 Å². The van der Waals surface area contributed by atoms with Crippen LogP contribution in [0.1, 0.15) is 21.6 Å². The smallest absolute Gasteiger partial charge is 0.259 e. The van der Waals surface area contributed by atoms with E-state index in [0.717, 1.165) is 9.87 Å². The summed E-state index contributed by atoms with van der Waals surface area (Å²) in [5, 5.41) is 6.58. The second-order valence-corrected chi connectivity index (χ2v) is 9.45. The first kappa shape index (κ1) is 23.2. The number of carbonyl (C=O) groups is 2. The Balaban J connectivity index is 2.02. The van der Waals surface area contributed by atoms with Gasteiger partial charge in [-0.25, -0.2) is 8.42 Å². The third kappa shape index (κ3) is 4.31. The van der Waals surface area contributed by atoms with Crippen molar-refractivity contribution in [1.82, 2.24) is 24.3 Å². The summed E-state index contributed by atoms with van der Waals surface area (Å²) < 4.78 is 29.2. The highest BCUT2D eigenvalue weighted by atomic mass is 35.5. The average molecular weight is 469 g/mol. The Kier molecular flexibility index (Phi) is 6.70. The largest absolute Gasteiger partial charge is 0.352 e. The zero-order chi connectivity index (χ0) is 22.9. The number of hydrogen-bond acceptors (Lipinski definition) is 6. The Hall–Kier alpha value is -2.47. The second-order valence-electron chi connectivity index (χ2n) is 7.26. The van der Waals surface area contributed by atoms with Crippen molar-refractivity contribution >= 4 is 33.4 Å². The quantitative estimate of drug-likeness (QED) is 0.624. The van der Waals surface area contributed by atoms with E-state index in [1.54, 1.807) is 24.3 Å². The first-order valence-electron chi connectivity index (χ1n) is 9.66. The summed E-state index contributed by atoms with van der Waals surface area (Å²) in [4.78, 5) is 27.2. The Bertz CT molecular complexity index is 1100. The first-order chi connectivity index (χ1) is 14.6. The molecule has 2 amide bonds. The van der Waals surface area contributed by atoms with Crippen LogP contribution in [0.4, 0.5) is 0 Å². The molecule has 1 saturated heterocycles. The predicted octanol–water partition coefficient (Wildman–Crippen LogP) is 0.238. The van der Waals surface area contributed by atoms with Crippen LogP contribution in [0.3, 0.4) is 0 Å². The number of hydrogen-bond donors (Lipinski definition) is 2. The van der Waals surface area contributed by atoms with Crippen molar-refractivity contribution in [3.63, 3.8) is 0 Å². The number of benzene rings is 1. The van der Waals surface area contributed by atoms with Gasteiger partial charge in [-0.05, 0) is 26.0 Å². The summed E-state index contributed by atoms with van der Waals surface area (Å²) in [5.74, 6) is -1.08. The van der Waals surface area contributed by atoms with Gasteiger partial charge >= 0.3 is 0 Å². The number of aromatic nitrogens is 2. The van der Waals surface area contributed by atoms with E-state index in [4.69, 9.17) is 17.3 Å². The van der Waals surface area contributed by atoms with Crippen molar-refractivity contribution < 1.29 is 18.0 Å². The number of aryl methyl sites for hydroxylation is 3. The maximum Gasteiger partial charge on any atom is 0.259 e. The van der Waals surface area contributed by atoms with Crippen molar-refractivity contribution in [2.24, 2.45) is 12.8 Å². The van der Waals surface area contributed by atoms with Gasteiger partial charge in [-0.1, -0.05) is 29.3 Å². The lowest BCUT2D eigenvalue weighted by Crippen LogP contribution is -2.54. The number of nitrogens with two attached hydrogens (primary N) is 1. The van der Waals surface area contributed by atoms with E-state index >= 15 is 0 Å². The number of sulfonamides is 1. The monoisotopic (exact) mass is 468 g/mol. The van der Waals surface area contributed by atoms with Gasteiger partial charge in [-0.3, -0.25) is 14.3 Å². The Morgan fingerprint density at radius 2 is 1.87 bits per heavy atom. The Morgan fingerprint density at radius 3 is 2.42 bits per heavy atom. The van der Waals surface area contributed by atoms with Crippen molar-refractivity contribution in [3.05, 3.63) is 46.2 Å². The fraction of sp³-hybridized carbons (Fsp3) is 0.421. The molecule has 168 valence electrons. The molecule has 3 rings (SSSR count). The van der Waals surface area contributed by atoms with E-state index in [0.29, 0.717) is 5.56 Å². The lowest BCUT2D eigenvalue weighted by Gasteiger charge is -2.28. The van der Waals surface area contributed by atoms with Crippen LogP contribution in [0.15, 0.2) is 29.2 Å². The number of nitrogens with one attached hydrogen (secondary N) is 1. The van der Waals surface area contributed by atoms with Gasteiger partial charge in [0.25, 0.3) is 11.8 Å². The van der Waals surface area contributed by atoms with Crippen LogP contribution in [0.2, 0.25) is 5.15 Å². The van der Waals surface area contributed by atoms with Gasteiger partial charge in [0.05, 0.1) is 5.69 Å². The van der Waals surface area contributed by atoms with E-state index < -0.39 is 28.0 Å². The van der Waals surface area contributed by atoms with E-state index in [-0.39, 0.29) is 41.9 Å². The fourth-order valence-corrected chi connectivity index (χ4v) is 5.77. The number of carbonyl (C=O) groups excluding carboxylic acids is 2. The molecule has 1 atom stereocenters. The van der Waals surface area contributed by atoms with E-state index in [2.05, 4.69) is 10.4 Å². The summed E-state index contributed by atoms with van der Waals surface area (Å²) >= 11 is 6.19. The van der Waals surface area contributed by atoms with Gasteiger partial charge in [0.15, 0.2) is 6.17 Å². The van der Waals surface area contributed by atoms with Crippen LogP contribution >= 0.6 is 11.6 Å². The van der Waals surface area contributed by atoms with Crippen molar-refractivity contribution in [1.29, 1.82) is 0 Å². The summed E-state index contributed by atoms with van der Waals surface area (Å²) in [6.45, 7) is 3.71. The molecule has 1 aromatic carbocycles. The molecular formula is C19H25ClN6O4S. The summed E-state index contributed by atoms with van der Waals surface area (Å²) in [5.41, 5.74) is 7.01. The minimum absolute atomic E-state index is 0.0452. The van der Waals surface area contributed by atoms with Crippen LogP contribution in [0, 0.1) is 13.8 Å². The molecule has 10 nitrogen and oxygen atoms in total. The molecular weight excluding hydrogens is 444 g/mol. The molecule has 2 heterocycles. The molecule has 31 heavy (non-hydrogen) atoms. The lowest BCUT2D eigenvalue weighted by molar-refractivity contribution is -0.127. The van der Waals surface area contributed by atoms with Crippen molar-refractivity contribution in [3.8, 4) is 0 Å². The highest BCUT2D eigenvalue weighted by Gasteiger charge is 2.48. The third-order valence-electron chi connectivity index (χ3n) is 5.03. The van der Waals surface area contributed by atoms with Gasteiger partial charge in [0.1, 0.15) is 10.0 Å². The minimum atomic E-state index is -4.22. The molecule has 1 unspecified atom stereocenters. The minimum Gasteiger partial charge on any atom is -0.352 e. The van der Waals surface area contributed by atoms with Gasteiger partial charge in [-0.15, -0.1) is 0 Å². The molecule has 1 aliphatic heterocycles. The normalized spacial score (nSPS) is 17.2. The van der Waals surface area contributed by atoms with Gasteiger partial charge < -0.3 is 16.0 Å². The van der Waals surface area contributed by atoms with E-state index in [1.165, 1.54) is 23.6 Å². The first-order valence-corrected chi connectivity index (χ1v) is 11.5. The Morgan fingerprint density at radius 1 is 1.23 bits per heavy atom. The predicted molar refractivity (Wildman–Crippen MR) is 115 cm³/mol. The average Bonchev–Trinajstić information content (AvgIpc) is 3.28. The molecule has 1 aliphatic rings. The number of rotatable bonds is 6. The maximum atomic E-state index is 13.5. The third-order valence-corrected chi connectivity index (χ3v) is 7.58. The maximum absolute atomic E-state index is 13.5. The number of halogens is 1. The molecule has 1 fully saturated rings. The number of nitrogens with zero attached hydrogens (tertiary/aromatic N) is 4. The zero-order valence-corrected chi connectivity index (χ0v) is 19.1. The second kappa shape index (κ2) is 8.95.